The van der Waals surface area contributed by atoms with Crippen molar-refractivity contribution in [3.8, 4) is 0 Å². The molecule has 4 heterocycles. The van der Waals surface area contributed by atoms with Crippen LogP contribution in [0.2, 0.25) is 0 Å². The SMILES string of the molecule is CCO/N=C(\C(=O)NC1C(=O)N2C(C(=O)[O-])=C(CSc3nc(N)cc(N)[n+]3CC)CS[C@H]12)c1nsc(N)n1. The first kappa shape index (κ1) is 27.4. The van der Waals surface area contributed by atoms with Gasteiger partial charge >= 0.3 is 5.16 Å². The maximum Gasteiger partial charge on any atom is 0.301 e. The minimum atomic E-state index is -1.49. The molecule has 0 aromatic carbocycles. The van der Waals surface area contributed by atoms with Crippen molar-refractivity contribution in [1.29, 1.82) is 0 Å². The van der Waals surface area contributed by atoms with E-state index < -0.39 is 29.2 Å². The van der Waals surface area contributed by atoms with Crippen molar-refractivity contribution in [1.82, 2.24) is 24.6 Å². The summed E-state index contributed by atoms with van der Waals surface area (Å²) in [6.07, 6.45) is 0. The van der Waals surface area contributed by atoms with Gasteiger partial charge < -0.3 is 37.3 Å². The van der Waals surface area contributed by atoms with Gasteiger partial charge in [0, 0.05) is 23.0 Å². The molecule has 2 atom stereocenters. The fourth-order valence-corrected chi connectivity index (χ4v) is 6.77. The quantitative estimate of drug-likeness (QED) is 0.0591. The van der Waals surface area contributed by atoms with Gasteiger partial charge in [-0.2, -0.15) is 9.36 Å². The number of hydrogen-bond donors (Lipinski definition) is 4. The van der Waals surface area contributed by atoms with E-state index in [1.54, 1.807) is 11.5 Å². The van der Waals surface area contributed by atoms with Crippen LogP contribution in [0.3, 0.4) is 0 Å². The molecule has 1 fully saturated rings. The molecule has 1 unspecified atom stereocenters. The number of thioether (sulfide) groups is 2. The Bertz CT molecular complexity index is 1350. The lowest BCUT2D eigenvalue weighted by molar-refractivity contribution is -0.719. The average molecular weight is 581 g/mol. The topological polar surface area (TPSA) is 232 Å². The van der Waals surface area contributed by atoms with E-state index in [9.17, 15) is 19.5 Å². The maximum atomic E-state index is 13.0. The minimum absolute atomic E-state index is 0.0480. The second-order valence-corrected chi connectivity index (χ2v) is 10.7. The molecule has 2 aromatic rings. The lowest BCUT2D eigenvalue weighted by Gasteiger charge is -2.50. The number of carboxylic acids is 1. The number of β-lactam (4-membered cyclic amide) rings is 1. The zero-order valence-electron chi connectivity index (χ0n) is 20.2. The summed E-state index contributed by atoms with van der Waals surface area (Å²) in [6, 6.07) is 0.536. The number of anilines is 3. The number of nitrogens with zero attached hydrogens (tertiary/aromatic N) is 6. The molecule has 0 spiro atoms. The zero-order chi connectivity index (χ0) is 27.6. The van der Waals surface area contributed by atoms with Gasteiger partial charge in [0.25, 0.3) is 11.8 Å². The van der Waals surface area contributed by atoms with Crippen LogP contribution in [0.4, 0.5) is 16.8 Å². The molecule has 0 radical (unpaired) electrons. The lowest BCUT2D eigenvalue weighted by Crippen LogP contribution is -2.71. The first-order valence-electron chi connectivity index (χ1n) is 11.2. The maximum absolute atomic E-state index is 13.0. The molecule has 0 saturated carbocycles. The van der Waals surface area contributed by atoms with Gasteiger partial charge in [0.05, 0.1) is 24.3 Å². The first-order chi connectivity index (χ1) is 18.2. The molecule has 0 aliphatic carbocycles. The van der Waals surface area contributed by atoms with Gasteiger partial charge in [-0.1, -0.05) is 10.1 Å². The van der Waals surface area contributed by atoms with Crippen LogP contribution in [-0.4, -0.2) is 72.3 Å². The van der Waals surface area contributed by atoms with Crippen LogP contribution in [0.1, 0.15) is 19.7 Å². The molecular weight excluding hydrogens is 556 g/mol. The summed E-state index contributed by atoms with van der Waals surface area (Å²) in [5, 5.41) is 18.4. The Hall–Kier alpha value is -3.64. The third-order valence-electron chi connectivity index (χ3n) is 5.44. The number of nitrogen functional groups attached to an aromatic ring is 3. The third-order valence-corrected chi connectivity index (χ3v) is 8.38. The van der Waals surface area contributed by atoms with Gasteiger partial charge in [-0.15, -0.1) is 11.8 Å². The minimum Gasteiger partial charge on any atom is -0.543 e. The van der Waals surface area contributed by atoms with E-state index in [-0.39, 0.29) is 46.3 Å². The normalized spacial score (nSPS) is 19.2. The van der Waals surface area contributed by atoms with Crippen LogP contribution in [0.15, 0.2) is 27.6 Å². The van der Waals surface area contributed by atoms with E-state index in [4.69, 9.17) is 22.0 Å². The predicted octanol–water partition coefficient (Wildman–Crippen LogP) is -2.08. The molecule has 2 aliphatic rings. The molecule has 0 bridgehead atoms. The standard InChI is InChI=1S/C20H24N10O5S3/c1-3-29-10(22)5-9(21)24-20(29)37-7-8-6-36-17-12(16(32)30(17)13(8)18(33)34)25-15(31)11(27-35-4-2)14-26-19(23)38-28-14/h5,12,17H,3-4,6-7H2,1-2H3,(H7,21,22,23,25,26,28,31,33,34)/b27-11-/t12?,17-/m1/s1. The largest absolute Gasteiger partial charge is 0.543 e. The number of hydrogen-bond acceptors (Lipinski definition) is 15. The molecule has 2 amide bonds. The van der Waals surface area contributed by atoms with E-state index in [0.29, 0.717) is 23.1 Å². The Morgan fingerprint density at radius 3 is 2.74 bits per heavy atom. The van der Waals surface area contributed by atoms with Crippen LogP contribution in [0.5, 0.6) is 0 Å². The highest BCUT2D eigenvalue weighted by atomic mass is 32.2. The number of nitrogens with one attached hydrogen (secondary N) is 1. The highest BCUT2D eigenvalue weighted by Crippen LogP contribution is 2.41. The molecule has 38 heavy (non-hydrogen) atoms. The van der Waals surface area contributed by atoms with Crippen molar-refractivity contribution < 1.29 is 28.9 Å². The van der Waals surface area contributed by atoms with Crippen LogP contribution in [0, 0.1) is 0 Å². The van der Waals surface area contributed by atoms with Crippen molar-refractivity contribution in [2.24, 2.45) is 5.16 Å². The zero-order valence-corrected chi connectivity index (χ0v) is 22.7. The molecule has 1 saturated heterocycles. The van der Waals surface area contributed by atoms with Crippen LogP contribution in [-0.2, 0) is 25.8 Å². The lowest BCUT2D eigenvalue weighted by atomic mass is 10.0. The molecule has 7 N–H and O–H groups in total. The van der Waals surface area contributed by atoms with Crippen LogP contribution >= 0.6 is 35.1 Å². The fraction of sp³-hybridized carbons (Fsp3) is 0.400. The van der Waals surface area contributed by atoms with E-state index >= 15 is 0 Å². The Morgan fingerprint density at radius 2 is 2.11 bits per heavy atom. The first-order valence-corrected chi connectivity index (χ1v) is 14.0. The second-order valence-electron chi connectivity index (χ2n) is 7.84. The summed E-state index contributed by atoms with van der Waals surface area (Å²) in [5.74, 6) is -1.75. The highest BCUT2D eigenvalue weighted by molar-refractivity contribution is 8.01. The monoisotopic (exact) mass is 580 g/mol. The number of carbonyl (C=O) groups is 3. The molecule has 18 heteroatoms. The van der Waals surface area contributed by atoms with Gasteiger partial charge in [-0.25, -0.2) is 4.57 Å². The highest BCUT2D eigenvalue weighted by Gasteiger charge is 2.53. The van der Waals surface area contributed by atoms with Gasteiger partial charge in [0.1, 0.15) is 18.0 Å². The number of amides is 2. The summed E-state index contributed by atoms with van der Waals surface area (Å²) >= 11 is 3.43. The van der Waals surface area contributed by atoms with Gasteiger partial charge in [0.2, 0.25) is 23.2 Å². The molecule has 2 aromatic heterocycles. The summed E-state index contributed by atoms with van der Waals surface area (Å²) in [7, 11) is 0. The number of aliphatic carboxylic acids is 1. The summed E-state index contributed by atoms with van der Waals surface area (Å²) in [6.45, 7) is 4.29. The summed E-state index contributed by atoms with van der Waals surface area (Å²) < 4.78 is 5.71. The molecule has 15 nitrogen and oxygen atoms in total. The van der Waals surface area contributed by atoms with Gasteiger partial charge in [0.15, 0.2) is 5.13 Å². The van der Waals surface area contributed by atoms with Gasteiger partial charge in [-0.3, -0.25) is 14.5 Å². The summed E-state index contributed by atoms with van der Waals surface area (Å²) in [4.78, 5) is 52.4. The van der Waals surface area contributed by atoms with E-state index in [1.807, 2.05) is 6.92 Å². The number of rotatable bonds is 10. The number of fused-ring (bicyclic) bond motifs is 1. The van der Waals surface area contributed by atoms with Gasteiger partial charge in [-0.05, 0) is 31.2 Å². The Morgan fingerprint density at radius 1 is 1.34 bits per heavy atom. The van der Waals surface area contributed by atoms with E-state index in [0.717, 1.165) is 16.4 Å². The Kier molecular flexibility index (Phi) is 8.22. The van der Waals surface area contributed by atoms with E-state index in [2.05, 4.69) is 24.8 Å². The van der Waals surface area contributed by atoms with E-state index in [1.165, 1.54) is 29.6 Å². The average Bonchev–Trinajstić information content (AvgIpc) is 3.30. The molecule has 4 rings (SSSR count). The molecule has 202 valence electrons. The number of carbonyl (C=O) groups excluding carboxylic acids is 3. The van der Waals surface area contributed by atoms with Crippen molar-refractivity contribution in [3.63, 3.8) is 0 Å². The van der Waals surface area contributed by atoms with Crippen molar-refractivity contribution in [2.45, 2.75) is 37.0 Å². The number of nitrogens with two attached hydrogens (primary N) is 3. The van der Waals surface area contributed by atoms with Crippen molar-refractivity contribution in [2.75, 3.05) is 35.3 Å². The van der Waals surface area contributed by atoms with Crippen molar-refractivity contribution in [3.05, 3.63) is 23.2 Å². The van der Waals surface area contributed by atoms with Crippen molar-refractivity contribution >= 4 is 75.3 Å². The van der Waals surface area contributed by atoms with Crippen LogP contribution in [0.25, 0.3) is 0 Å². The predicted molar refractivity (Wildman–Crippen MR) is 139 cm³/mol. The number of oxime groups is 1. The summed E-state index contributed by atoms with van der Waals surface area (Å²) in [5.41, 5.74) is 17.4. The molecular formula is C20H24N10O5S3. The smallest absolute Gasteiger partial charge is 0.301 e. The van der Waals surface area contributed by atoms with Crippen LogP contribution < -0.4 is 32.2 Å². The number of carboxylic acid groups (broad SMARTS) is 1. The third kappa shape index (κ3) is 5.32. The second kappa shape index (κ2) is 11.4. The fourth-order valence-electron chi connectivity index (χ4n) is 3.76. The molecule has 2 aliphatic heterocycles. The Balaban J connectivity index is 1.52. The number of aromatic nitrogens is 4. The Labute approximate surface area is 229 Å².